The van der Waals surface area contributed by atoms with Crippen LogP contribution in [0.5, 0.6) is 0 Å². The third-order valence-electron chi connectivity index (χ3n) is 6.37. The van der Waals surface area contributed by atoms with Crippen LogP contribution in [0.4, 0.5) is 5.69 Å². The van der Waals surface area contributed by atoms with E-state index in [9.17, 15) is 19.2 Å². The van der Waals surface area contributed by atoms with Crippen molar-refractivity contribution in [3.63, 3.8) is 0 Å². The number of carbonyl (C=O) groups excluding carboxylic acids is 4. The Balaban J connectivity index is 1.30. The van der Waals surface area contributed by atoms with Gasteiger partial charge in [-0.15, -0.1) is 0 Å². The van der Waals surface area contributed by atoms with Crippen molar-refractivity contribution in [1.82, 2.24) is 30.5 Å². The van der Waals surface area contributed by atoms with Crippen LogP contribution in [0.2, 0.25) is 0 Å². The van der Waals surface area contributed by atoms with Gasteiger partial charge in [-0.2, -0.15) is 5.10 Å². The van der Waals surface area contributed by atoms with E-state index in [-0.39, 0.29) is 36.3 Å². The van der Waals surface area contributed by atoms with Gasteiger partial charge in [0, 0.05) is 50.6 Å². The Morgan fingerprint density at radius 3 is 2.47 bits per heavy atom. The van der Waals surface area contributed by atoms with Gasteiger partial charge < -0.3 is 20.9 Å². The number of rotatable bonds is 7. The van der Waals surface area contributed by atoms with E-state index in [1.54, 1.807) is 49.3 Å². The first-order valence-corrected chi connectivity index (χ1v) is 11.9. The molecule has 11 heteroatoms. The van der Waals surface area contributed by atoms with Crippen molar-refractivity contribution >= 4 is 35.0 Å². The predicted molar refractivity (Wildman–Crippen MR) is 139 cm³/mol. The van der Waals surface area contributed by atoms with Gasteiger partial charge in [-0.25, -0.2) is 9.50 Å². The topological polar surface area (TPSA) is 138 Å². The predicted octanol–water partition coefficient (Wildman–Crippen LogP) is 1.47. The normalized spacial score (nSPS) is 12.4. The molecule has 0 bridgehead atoms. The molecule has 0 saturated carbocycles. The van der Waals surface area contributed by atoms with Gasteiger partial charge in [-0.1, -0.05) is 24.3 Å². The zero-order valence-electron chi connectivity index (χ0n) is 20.8. The summed E-state index contributed by atoms with van der Waals surface area (Å²) >= 11 is 0. The van der Waals surface area contributed by atoms with Crippen molar-refractivity contribution in [3.8, 4) is 0 Å². The number of nitrogens with one attached hydrogen (secondary N) is 3. The lowest BCUT2D eigenvalue weighted by Crippen LogP contribution is -2.28. The number of anilines is 1. The van der Waals surface area contributed by atoms with E-state index in [2.05, 4.69) is 26.0 Å². The lowest BCUT2D eigenvalue weighted by Gasteiger charge is -2.12. The summed E-state index contributed by atoms with van der Waals surface area (Å²) < 4.78 is 1.36. The maximum Gasteiger partial charge on any atom is 0.270 e. The summed E-state index contributed by atoms with van der Waals surface area (Å²) in [5, 5.41) is 12.4. The number of likely N-dealkylation sites (N-methyl/N-ethyl adjacent to an activating group) is 1. The van der Waals surface area contributed by atoms with Crippen molar-refractivity contribution in [1.29, 1.82) is 0 Å². The fourth-order valence-electron chi connectivity index (χ4n) is 4.30. The first-order chi connectivity index (χ1) is 18.3. The van der Waals surface area contributed by atoms with Gasteiger partial charge in [0.1, 0.15) is 11.4 Å². The summed E-state index contributed by atoms with van der Waals surface area (Å²) in [5.74, 6) is -1.09. The summed E-state index contributed by atoms with van der Waals surface area (Å²) in [7, 11) is 3.28. The van der Waals surface area contributed by atoms with Crippen LogP contribution in [0, 0.1) is 0 Å². The molecule has 0 fully saturated rings. The van der Waals surface area contributed by atoms with Crippen molar-refractivity contribution in [2.45, 2.75) is 19.5 Å². The monoisotopic (exact) mass is 511 g/mol. The average molecular weight is 512 g/mol. The van der Waals surface area contributed by atoms with Gasteiger partial charge in [0.05, 0.1) is 12.6 Å². The Morgan fingerprint density at radius 2 is 1.68 bits per heavy atom. The molecule has 5 rings (SSSR count). The van der Waals surface area contributed by atoms with Gasteiger partial charge in [0.2, 0.25) is 5.91 Å². The van der Waals surface area contributed by atoms with Crippen LogP contribution in [0.25, 0.3) is 5.65 Å². The van der Waals surface area contributed by atoms with E-state index in [4.69, 9.17) is 0 Å². The van der Waals surface area contributed by atoms with Crippen LogP contribution in [0.3, 0.4) is 0 Å². The minimum atomic E-state index is -0.453. The fourth-order valence-corrected chi connectivity index (χ4v) is 4.30. The van der Waals surface area contributed by atoms with E-state index < -0.39 is 11.8 Å². The number of nitrogens with zero attached hydrogens (tertiary/aromatic N) is 4. The quantitative estimate of drug-likeness (QED) is 0.344. The molecule has 2 aromatic heterocycles. The van der Waals surface area contributed by atoms with Crippen molar-refractivity contribution in [3.05, 3.63) is 94.4 Å². The highest BCUT2D eigenvalue weighted by molar-refractivity contribution is 6.01. The minimum Gasteiger partial charge on any atom is -0.355 e. The van der Waals surface area contributed by atoms with Crippen LogP contribution in [0.15, 0.2) is 60.8 Å². The van der Waals surface area contributed by atoms with E-state index in [1.165, 1.54) is 16.8 Å². The summed E-state index contributed by atoms with van der Waals surface area (Å²) in [6.07, 6.45) is 1.87. The Hall–Kier alpha value is -5.06. The van der Waals surface area contributed by atoms with Crippen LogP contribution in [-0.4, -0.2) is 52.3 Å². The van der Waals surface area contributed by atoms with Crippen molar-refractivity contribution in [2.24, 2.45) is 0 Å². The largest absolute Gasteiger partial charge is 0.355 e. The second kappa shape index (κ2) is 10.1. The summed E-state index contributed by atoms with van der Waals surface area (Å²) in [6.45, 7) is 0.398. The van der Waals surface area contributed by atoms with Gasteiger partial charge in [-0.05, 0) is 34.9 Å². The SMILES string of the molecule is CNC(=O)c1cccc(CNC(=O)c2cc(C(=O)NCc3ccc4c(c3)N(C)C(=O)C4)nc3ccnn23)c1. The summed E-state index contributed by atoms with van der Waals surface area (Å²) in [6, 6.07) is 15.6. The molecule has 4 aromatic rings. The Bertz CT molecular complexity index is 1590. The number of carbonyl (C=O) groups is 4. The molecule has 2 aromatic carbocycles. The van der Waals surface area contributed by atoms with Crippen LogP contribution >= 0.6 is 0 Å². The molecule has 0 atom stereocenters. The molecule has 0 unspecified atom stereocenters. The van der Waals surface area contributed by atoms with Crippen LogP contribution in [-0.2, 0) is 24.3 Å². The number of benzene rings is 2. The maximum atomic E-state index is 13.1. The Kier molecular flexibility index (Phi) is 6.56. The highest BCUT2D eigenvalue weighted by atomic mass is 16.2. The Labute approximate surface area is 217 Å². The van der Waals surface area contributed by atoms with E-state index in [0.717, 1.165) is 22.4 Å². The number of hydrogen-bond donors (Lipinski definition) is 3. The first kappa shape index (κ1) is 24.6. The molecule has 0 aliphatic carbocycles. The van der Waals surface area contributed by atoms with Crippen LogP contribution in [0.1, 0.15) is 48.0 Å². The molecule has 0 radical (unpaired) electrons. The second-order valence-corrected chi connectivity index (χ2v) is 8.87. The van der Waals surface area contributed by atoms with Gasteiger partial charge in [0.25, 0.3) is 17.7 Å². The third-order valence-corrected chi connectivity index (χ3v) is 6.37. The molecule has 0 saturated heterocycles. The van der Waals surface area contributed by atoms with E-state index in [0.29, 0.717) is 17.6 Å². The lowest BCUT2D eigenvalue weighted by molar-refractivity contribution is -0.117. The summed E-state index contributed by atoms with van der Waals surface area (Å²) in [4.78, 5) is 55.8. The average Bonchev–Trinajstić information content (AvgIpc) is 3.53. The smallest absolute Gasteiger partial charge is 0.270 e. The molecular weight excluding hydrogens is 486 g/mol. The highest BCUT2D eigenvalue weighted by Crippen LogP contribution is 2.28. The van der Waals surface area contributed by atoms with E-state index >= 15 is 0 Å². The van der Waals surface area contributed by atoms with Gasteiger partial charge in [0.15, 0.2) is 5.65 Å². The second-order valence-electron chi connectivity index (χ2n) is 8.87. The molecule has 4 amide bonds. The fraction of sp³-hybridized carbons (Fsp3) is 0.185. The molecule has 3 N–H and O–H groups in total. The zero-order chi connectivity index (χ0) is 26.8. The third kappa shape index (κ3) is 4.81. The van der Waals surface area contributed by atoms with E-state index in [1.807, 2.05) is 18.2 Å². The standard InChI is InChI=1S/C27H25N7O4/c1-28-25(36)19-5-3-4-16(10-19)14-30-27(38)22-13-20(32-23-8-9-31-34(22)23)26(37)29-15-17-6-7-18-12-24(35)33(2)21(18)11-17/h3-11,13H,12,14-15H2,1-2H3,(H,28,36)(H,29,37)(H,30,38). The molecule has 38 heavy (non-hydrogen) atoms. The first-order valence-electron chi connectivity index (χ1n) is 11.9. The molecule has 3 heterocycles. The van der Waals surface area contributed by atoms with Gasteiger partial charge in [-0.3, -0.25) is 19.2 Å². The number of hydrogen-bond acceptors (Lipinski definition) is 6. The minimum absolute atomic E-state index is 0.0319. The Morgan fingerprint density at radius 1 is 0.921 bits per heavy atom. The van der Waals surface area contributed by atoms with Crippen molar-refractivity contribution in [2.75, 3.05) is 19.0 Å². The molecule has 192 valence electrons. The number of amides is 4. The molecule has 1 aliphatic heterocycles. The van der Waals surface area contributed by atoms with Gasteiger partial charge >= 0.3 is 0 Å². The number of aromatic nitrogens is 3. The molecule has 1 aliphatic rings. The summed E-state index contributed by atoms with van der Waals surface area (Å²) in [5.41, 5.74) is 4.41. The molecule has 11 nitrogen and oxygen atoms in total. The van der Waals surface area contributed by atoms with Crippen molar-refractivity contribution < 1.29 is 19.2 Å². The molecule has 0 spiro atoms. The lowest BCUT2D eigenvalue weighted by atomic mass is 10.1. The number of fused-ring (bicyclic) bond motifs is 2. The highest BCUT2D eigenvalue weighted by Gasteiger charge is 2.24. The maximum absolute atomic E-state index is 13.1. The van der Waals surface area contributed by atoms with Crippen LogP contribution < -0.4 is 20.9 Å². The molecular formula is C27H25N7O4. The zero-order valence-corrected chi connectivity index (χ0v) is 20.8.